The molecule has 0 saturated heterocycles. The van der Waals surface area contributed by atoms with E-state index in [4.69, 9.17) is 0 Å². The summed E-state index contributed by atoms with van der Waals surface area (Å²) in [7, 11) is 0. The smallest absolute Gasteiger partial charge is 0.148 e. The van der Waals surface area contributed by atoms with E-state index in [9.17, 15) is 0 Å². The summed E-state index contributed by atoms with van der Waals surface area (Å²) in [6, 6.07) is 7.93. The average Bonchev–Trinajstić information content (AvgIpc) is 2.57. The average molecular weight is 238 g/mol. The van der Waals surface area contributed by atoms with E-state index >= 15 is 0 Å². The first-order valence-corrected chi connectivity index (χ1v) is 4.65. The molecule has 0 fully saturated rings. The Labute approximate surface area is 84.3 Å². The summed E-state index contributed by atoms with van der Waals surface area (Å²) >= 11 is 3.40. The molecule has 1 heterocycles. The molecule has 0 spiro atoms. The van der Waals surface area contributed by atoms with Gasteiger partial charge in [-0.25, -0.2) is 4.98 Å². The molecule has 4 heteroatoms. The Morgan fingerprint density at radius 3 is 3.00 bits per heavy atom. The molecule has 0 saturated carbocycles. The number of aromatic amines is 1. The molecule has 2 rings (SSSR count). The molecule has 0 aliphatic rings. The SMILES string of the molecule is Brc1cccc(Nc2c[nH]cn2)c1. The highest BCUT2D eigenvalue weighted by Crippen LogP contribution is 2.18. The Morgan fingerprint density at radius 1 is 1.38 bits per heavy atom. The fourth-order valence-corrected chi connectivity index (χ4v) is 1.44. The largest absolute Gasteiger partial charge is 0.349 e. The lowest BCUT2D eigenvalue weighted by atomic mass is 10.3. The Bertz CT molecular complexity index is 384. The molecule has 3 nitrogen and oxygen atoms in total. The molecule has 0 unspecified atom stereocenters. The van der Waals surface area contributed by atoms with E-state index in [1.165, 1.54) is 0 Å². The molecule has 0 amide bonds. The van der Waals surface area contributed by atoms with Crippen LogP contribution in [0, 0.1) is 0 Å². The van der Waals surface area contributed by atoms with Crippen LogP contribution in [0.25, 0.3) is 0 Å². The van der Waals surface area contributed by atoms with Gasteiger partial charge in [0.15, 0.2) is 0 Å². The van der Waals surface area contributed by atoms with Crippen LogP contribution in [0.5, 0.6) is 0 Å². The van der Waals surface area contributed by atoms with Gasteiger partial charge in [-0.3, -0.25) is 0 Å². The second kappa shape index (κ2) is 3.62. The van der Waals surface area contributed by atoms with Crippen LogP contribution in [0.2, 0.25) is 0 Å². The van der Waals surface area contributed by atoms with Crippen LogP contribution in [0.3, 0.4) is 0 Å². The second-order valence-corrected chi connectivity index (χ2v) is 3.51. The predicted octanol–water partition coefficient (Wildman–Crippen LogP) is 2.92. The molecule has 0 radical (unpaired) electrons. The summed E-state index contributed by atoms with van der Waals surface area (Å²) < 4.78 is 1.05. The predicted molar refractivity (Wildman–Crippen MR) is 56.0 cm³/mol. The van der Waals surface area contributed by atoms with Crippen molar-refractivity contribution in [1.29, 1.82) is 0 Å². The Balaban J connectivity index is 2.19. The summed E-state index contributed by atoms with van der Waals surface area (Å²) in [6.45, 7) is 0. The van der Waals surface area contributed by atoms with Crippen LogP contribution < -0.4 is 5.32 Å². The van der Waals surface area contributed by atoms with Gasteiger partial charge in [-0.2, -0.15) is 0 Å². The fourth-order valence-electron chi connectivity index (χ4n) is 1.04. The summed E-state index contributed by atoms with van der Waals surface area (Å²) in [4.78, 5) is 6.94. The molecular formula is C9H8BrN3. The van der Waals surface area contributed by atoms with Gasteiger partial charge in [0.1, 0.15) is 5.82 Å². The topological polar surface area (TPSA) is 40.7 Å². The quantitative estimate of drug-likeness (QED) is 0.844. The molecule has 1 aromatic carbocycles. The van der Waals surface area contributed by atoms with Gasteiger partial charge in [-0.15, -0.1) is 0 Å². The number of H-pyrrole nitrogens is 1. The van der Waals surface area contributed by atoms with Gasteiger partial charge in [0, 0.05) is 16.4 Å². The van der Waals surface area contributed by atoms with Crippen molar-refractivity contribution >= 4 is 27.4 Å². The number of hydrogen-bond donors (Lipinski definition) is 2. The molecule has 0 aliphatic heterocycles. The zero-order valence-corrected chi connectivity index (χ0v) is 8.38. The van der Waals surface area contributed by atoms with Crippen LogP contribution in [-0.2, 0) is 0 Å². The van der Waals surface area contributed by atoms with Crippen molar-refractivity contribution in [1.82, 2.24) is 9.97 Å². The van der Waals surface area contributed by atoms with Crippen molar-refractivity contribution in [3.8, 4) is 0 Å². The van der Waals surface area contributed by atoms with Gasteiger partial charge in [0.25, 0.3) is 0 Å². The Hall–Kier alpha value is -1.29. The normalized spacial score (nSPS) is 9.92. The standard InChI is InChI=1S/C9H8BrN3/c10-7-2-1-3-8(4-7)13-9-5-11-6-12-9/h1-6,13H,(H,11,12). The third-order valence-electron chi connectivity index (χ3n) is 1.60. The third-order valence-corrected chi connectivity index (χ3v) is 2.09. The molecule has 2 aromatic rings. The lowest BCUT2D eigenvalue weighted by molar-refractivity contribution is 1.31. The maximum atomic E-state index is 4.06. The number of halogens is 1. The van der Waals surface area contributed by atoms with Crippen molar-refractivity contribution < 1.29 is 0 Å². The van der Waals surface area contributed by atoms with Crippen molar-refractivity contribution in [3.05, 3.63) is 41.3 Å². The first-order valence-electron chi connectivity index (χ1n) is 3.86. The zero-order valence-electron chi connectivity index (χ0n) is 6.79. The van der Waals surface area contributed by atoms with E-state index in [0.717, 1.165) is 16.0 Å². The molecule has 0 aliphatic carbocycles. The van der Waals surface area contributed by atoms with Gasteiger partial charge in [0.2, 0.25) is 0 Å². The minimum atomic E-state index is 0.818. The number of imidazole rings is 1. The number of anilines is 2. The molecule has 13 heavy (non-hydrogen) atoms. The van der Waals surface area contributed by atoms with Crippen LogP contribution in [0.15, 0.2) is 41.3 Å². The second-order valence-electron chi connectivity index (χ2n) is 2.59. The molecule has 0 atom stereocenters. The highest BCUT2D eigenvalue weighted by molar-refractivity contribution is 9.10. The lowest BCUT2D eigenvalue weighted by Gasteiger charge is -2.01. The molecular weight excluding hydrogens is 230 g/mol. The first-order chi connectivity index (χ1) is 6.34. The van der Waals surface area contributed by atoms with Crippen molar-refractivity contribution in [2.75, 3.05) is 5.32 Å². The zero-order chi connectivity index (χ0) is 9.10. The third kappa shape index (κ3) is 2.09. The van der Waals surface area contributed by atoms with E-state index in [1.807, 2.05) is 24.3 Å². The van der Waals surface area contributed by atoms with Gasteiger partial charge in [-0.1, -0.05) is 22.0 Å². The minimum absolute atomic E-state index is 0.818. The fraction of sp³-hybridized carbons (Fsp3) is 0. The Kier molecular flexibility index (Phi) is 2.31. The van der Waals surface area contributed by atoms with Gasteiger partial charge >= 0.3 is 0 Å². The van der Waals surface area contributed by atoms with E-state index < -0.39 is 0 Å². The van der Waals surface area contributed by atoms with Crippen LogP contribution in [0.4, 0.5) is 11.5 Å². The number of benzene rings is 1. The summed E-state index contributed by atoms with van der Waals surface area (Å²) in [6.07, 6.45) is 3.45. The first kappa shape index (κ1) is 8.31. The Morgan fingerprint density at radius 2 is 2.31 bits per heavy atom. The number of aromatic nitrogens is 2. The number of hydrogen-bond acceptors (Lipinski definition) is 2. The molecule has 2 N–H and O–H groups in total. The number of nitrogens with zero attached hydrogens (tertiary/aromatic N) is 1. The number of rotatable bonds is 2. The van der Waals surface area contributed by atoms with Crippen molar-refractivity contribution in [3.63, 3.8) is 0 Å². The van der Waals surface area contributed by atoms with Crippen LogP contribution in [0.1, 0.15) is 0 Å². The molecule has 66 valence electrons. The van der Waals surface area contributed by atoms with Gasteiger partial charge in [-0.05, 0) is 18.2 Å². The maximum Gasteiger partial charge on any atom is 0.148 e. The van der Waals surface area contributed by atoms with E-state index in [-0.39, 0.29) is 0 Å². The monoisotopic (exact) mass is 237 g/mol. The van der Waals surface area contributed by atoms with Gasteiger partial charge in [0.05, 0.1) is 6.33 Å². The molecule has 1 aromatic heterocycles. The summed E-state index contributed by atoms with van der Waals surface area (Å²) in [5.41, 5.74) is 1.02. The summed E-state index contributed by atoms with van der Waals surface area (Å²) in [5.74, 6) is 0.818. The van der Waals surface area contributed by atoms with Crippen LogP contribution >= 0.6 is 15.9 Å². The number of nitrogens with one attached hydrogen (secondary N) is 2. The van der Waals surface area contributed by atoms with Crippen molar-refractivity contribution in [2.45, 2.75) is 0 Å². The summed E-state index contributed by atoms with van der Waals surface area (Å²) in [5, 5.41) is 3.15. The highest BCUT2D eigenvalue weighted by Gasteiger charge is 1.95. The van der Waals surface area contributed by atoms with Gasteiger partial charge < -0.3 is 10.3 Å². The van der Waals surface area contributed by atoms with Crippen molar-refractivity contribution in [2.24, 2.45) is 0 Å². The molecule has 0 bridgehead atoms. The lowest BCUT2D eigenvalue weighted by Crippen LogP contribution is -1.89. The van der Waals surface area contributed by atoms with E-state index in [2.05, 4.69) is 31.2 Å². The van der Waals surface area contributed by atoms with E-state index in [1.54, 1.807) is 12.5 Å². The maximum absolute atomic E-state index is 4.06. The minimum Gasteiger partial charge on any atom is -0.349 e. The van der Waals surface area contributed by atoms with Crippen LogP contribution in [-0.4, -0.2) is 9.97 Å². The van der Waals surface area contributed by atoms with E-state index in [0.29, 0.717) is 0 Å². The highest BCUT2D eigenvalue weighted by atomic mass is 79.9.